The molecule has 141 valence electrons. The van der Waals surface area contributed by atoms with Crippen molar-refractivity contribution in [2.24, 2.45) is 5.41 Å². The Morgan fingerprint density at radius 3 is 2.54 bits per heavy atom. The second-order valence-electron chi connectivity index (χ2n) is 7.80. The van der Waals surface area contributed by atoms with Crippen LogP contribution in [0, 0.1) is 5.41 Å². The standard InChI is InChI=1S/C14H22N4O6S.Na/c1-16-7-14(8-16)4-9(5-14)15-12(19)11-3-2-10-6-17(11)13(20)18(10)24-25(21,22)23;/h9-11H,2-8H2,1H3,(H,15,19)(H,21,22,23);/t10-,11+;/m1./s1. The number of nitrogens with one attached hydrogen (secondary N) is 1. The summed E-state index contributed by atoms with van der Waals surface area (Å²) in [5, 5.41) is 3.67. The summed E-state index contributed by atoms with van der Waals surface area (Å²) >= 11 is 0. The number of carbonyl (C=O) groups excluding carboxylic acids is 2. The quantitative estimate of drug-likeness (QED) is 0.453. The Bertz CT molecular complexity index is 704. The van der Waals surface area contributed by atoms with Gasteiger partial charge in [-0.1, -0.05) is 0 Å². The van der Waals surface area contributed by atoms with E-state index < -0.39 is 28.5 Å². The molecule has 12 heteroatoms. The minimum atomic E-state index is -4.77. The van der Waals surface area contributed by atoms with Crippen LogP contribution in [0.3, 0.4) is 0 Å². The number of likely N-dealkylation sites (tertiary alicyclic amines) is 1. The van der Waals surface area contributed by atoms with Crippen molar-refractivity contribution in [3.8, 4) is 0 Å². The minimum Gasteiger partial charge on any atom is -0.352 e. The molecule has 1 saturated carbocycles. The first-order chi connectivity index (χ1) is 11.7. The molecule has 0 aromatic rings. The maximum atomic E-state index is 12.6. The topological polar surface area (TPSA) is 119 Å². The van der Waals surface area contributed by atoms with E-state index in [2.05, 4.69) is 21.5 Å². The molecule has 26 heavy (non-hydrogen) atoms. The van der Waals surface area contributed by atoms with Gasteiger partial charge < -0.3 is 15.1 Å². The number of carbonyl (C=O) groups is 2. The zero-order valence-corrected chi connectivity index (χ0v) is 17.7. The van der Waals surface area contributed by atoms with Crippen LogP contribution in [0.4, 0.5) is 4.79 Å². The van der Waals surface area contributed by atoms with Gasteiger partial charge in [0.05, 0.1) is 6.04 Å². The summed E-state index contributed by atoms with van der Waals surface area (Å²) in [5.41, 5.74) is 0.355. The molecule has 1 radical (unpaired) electrons. The molecule has 4 rings (SSSR count). The predicted octanol–water partition coefficient (Wildman–Crippen LogP) is -1.18. The van der Waals surface area contributed by atoms with E-state index in [1.54, 1.807) is 0 Å². The van der Waals surface area contributed by atoms with Gasteiger partial charge in [-0.3, -0.25) is 9.35 Å². The number of hydrogen-bond acceptors (Lipinski definition) is 6. The molecule has 4 aliphatic rings. The van der Waals surface area contributed by atoms with Gasteiger partial charge in [-0.2, -0.15) is 13.5 Å². The summed E-state index contributed by atoms with van der Waals surface area (Å²) in [6, 6.07) is -1.66. The van der Waals surface area contributed by atoms with Crippen LogP contribution in [-0.2, 0) is 19.5 Å². The molecule has 3 aliphatic heterocycles. The van der Waals surface area contributed by atoms with Gasteiger partial charge in [-0.05, 0) is 38.1 Å². The number of hydrogen-bond donors (Lipinski definition) is 2. The Morgan fingerprint density at radius 1 is 1.31 bits per heavy atom. The van der Waals surface area contributed by atoms with Gasteiger partial charge in [0.25, 0.3) is 0 Å². The summed E-state index contributed by atoms with van der Waals surface area (Å²) in [6.45, 7) is 2.35. The van der Waals surface area contributed by atoms with Crippen molar-refractivity contribution in [3.63, 3.8) is 0 Å². The fraction of sp³-hybridized carbons (Fsp3) is 0.857. The zero-order valence-electron chi connectivity index (χ0n) is 14.9. The first-order valence-electron chi connectivity index (χ1n) is 8.42. The fourth-order valence-corrected chi connectivity index (χ4v) is 5.23. The molecule has 3 heterocycles. The van der Waals surface area contributed by atoms with Gasteiger partial charge in [-0.25, -0.2) is 4.79 Å². The molecule has 3 saturated heterocycles. The van der Waals surface area contributed by atoms with Crippen molar-refractivity contribution in [2.45, 2.75) is 43.8 Å². The smallest absolute Gasteiger partial charge is 0.352 e. The van der Waals surface area contributed by atoms with Crippen LogP contribution in [0.2, 0.25) is 0 Å². The number of nitrogens with zero attached hydrogens (tertiary/aromatic N) is 3. The molecule has 2 N–H and O–H groups in total. The second-order valence-corrected chi connectivity index (χ2v) is 8.80. The molecule has 2 bridgehead atoms. The Balaban J connectivity index is 0.00000196. The number of piperidine rings is 1. The van der Waals surface area contributed by atoms with Crippen molar-refractivity contribution in [2.75, 3.05) is 26.7 Å². The molecule has 0 unspecified atom stereocenters. The fourth-order valence-electron chi connectivity index (χ4n) is 4.85. The number of rotatable bonds is 4. The van der Waals surface area contributed by atoms with Crippen LogP contribution in [-0.4, -0.2) is 114 Å². The van der Waals surface area contributed by atoms with Crippen LogP contribution in [0.15, 0.2) is 0 Å². The number of fused-ring (bicyclic) bond motifs is 2. The van der Waals surface area contributed by atoms with Crippen LogP contribution >= 0.6 is 0 Å². The molecule has 3 amide bonds. The molecule has 4 fully saturated rings. The van der Waals surface area contributed by atoms with Gasteiger partial charge in [-0.15, -0.1) is 4.28 Å². The third-order valence-corrected chi connectivity index (χ3v) is 6.06. The van der Waals surface area contributed by atoms with Crippen LogP contribution in [0.25, 0.3) is 0 Å². The SMILES string of the molecule is CN1CC2(CC(NC(=O)[C@@H]3CC[C@@H]4CN3C(=O)N4OS(=O)(=O)O)C2)C1.[Na]. The average Bonchev–Trinajstić information content (AvgIpc) is 2.67. The van der Waals surface area contributed by atoms with E-state index in [0.29, 0.717) is 23.3 Å². The van der Waals surface area contributed by atoms with Crippen molar-refractivity contribution >= 4 is 51.9 Å². The Hall–Kier alpha value is -0.430. The first kappa shape index (κ1) is 20.3. The number of hydroxylamine groups is 2. The van der Waals surface area contributed by atoms with Crippen LogP contribution in [0.5, 0.6) is 0 Å². The normalized spacial score (nSPS) is 30.6. The van der Waals surface area contributed by atoms with Gasteiger partial charge >= 0.3 is 16.4 Å². The zero-order chi connectivity index (χ0) is 18.0. The average molecular weight is 397 g/mol. The number of urea groups is 1. The third kappa shape index (κ3) is 3.62. The Morgan fingerprint density at radius 2 is 1.96 bits per heavy atom. The number of amides is 3. The molecule has 2 atom stereocenters. The van der Waals surface area contributed by atoms with E-state index in [-0.39, 0.29) is 48.1 Å². The van der Waals surface area contributed by atoms with E-state index in [4.69, 9.17) is 4.55 Å². The Labute approximate surface area is 174 Å². The van der Waals surface area contributed by atoms with Gasteiger partial charge in [0, 0.05) is 55.2 Å². The van der Waals surface area contributed by atoms with E-state index in [1.165, 1.54) is 4.90 Å². The third-order valence-electron chi connectivity index (χ3n) is 5.72. The van der Waals surface area contributed by atoms with Crippen LogP contribution in [0.1, 0.15) is 25.7 Å². The van der Waals surface area contributed by atoms with Crippen molar-refractivity contribution < 1.29 is 26.8 Å². The monoisotopic (exact) mass is 397 g/mol. The van der Waals surface area contributed by atoms with Gasteiger partial charge in [0.15, 0.2) is 0 Å². The second kappa shape index (κ2) is 6.87. The summed E-state index contributed by atoms with van der Waals surface area (Å²) in [5.74, 6) is -0.201. The Kier molecular flexibility index (Phi) is 5.37. The molecule has 0 aromatic heterocycles. The minimum absolute atomic E-state index is 0. The molecular weight excluding hydrogens is 375 g/mol. The predicted molar refractivity (Wildman–Crippen MR) is 90.2 cm³/mol. The molecule has 0 aromatic carbocycles. The van der Waals surface area contributed by atoms with E-state index >= 15 is 0 Å². The van der Waals surface area contributed by atoms with Crippen molar-refractivity contribution in [1.29, 1.82) is 0 Å². The van der Waals surface area contributed by atoms with E-state index in [9.17, 15) is 18.0 Å². The summed E-state index contributed by atoms with van der Waals surface area (Å²) < 4.78 is 34.9. The largest absolute Gasteiger partial charge is 0.418 e. The maximum absolute atomic E-state index is 12.6. The summed E-state index contributed by atoms with van der Waals surface area (Å²) in [4.78, 5) is 28.5. The van der Waals surface area contributed by atoms with E-state index in [0.717, 1.165) is 25.9 Å². The van der Waals surface area contributed by atoms with Crippen LogP contribution < -0.4 is 5.32 Å². The molecule has 10 nitrogen and oxygen atoms in total. The molecular formula is C14H22N4NaO6S. The van der Waals surface area contributed by atoms with Gasteiger partial charge in [0.1, 0.15) is 6.04 Å². The molecule has 1 spiro atoms. The van der Waals surface area contributed by atoms with Crippen molar-refractivity contribution in [3.05, 3.63) is 0 Å². The van der Waals surface area contributed by atoms with E-state index in [1.807, 2.05) is 0 Å². The first-order valence-corrected chi connectivity index (χ1v) is 9.78. The van der Waals surface area contributed by atoms with Crippen molar-refractivity contribution in [1.82, 2.24) is 20.2 Å². The van der Waals surface area contributed by atoms with Gasteiger partial charge in [0.2, 0.25) is 5.91 Å². The summed E-state index contributed by atoms with van der Waals surface area (Å²) in [7, 11) is -2.69. The molecule has 1 aliphatic carbocycles. The summed E-state index contributed by atoms with van der Waals surface area (Å²) in [6.07, 6.45) is 2.80. The maximum Gasteiger partial charge on any atom is 0.418 e.